The van der Waals surface area contributed by atoms with Gasteiger partial charge in [-0.25, -0.2) is 15.0 Å². The molecular formula is C51H29N3OS2. The van der Waals surface area contributed by atoms with Crippen LogP contribution in [0.15, 0.2) is 180 Å². The number of para-hydroxylation sites is 1. The van der Waals surface area contributed by atoms with Gasteiger partial charge in [0.05, 0.1) is 0 Å². The van der Waals surface area contributed by atoms with Crippen LogP contribution in [0.4, 0.5) is 0 Å². The average molecular weight is 764 g/mol. The molecule has 0 fully saturated rings. The molecule has 0 aliphatic rings. The van der Waals surface area contributed by atoms with Gasteiger partial charge in [-0.2, -0.15) is 0 Å². The third kappa shape index (κ3) is 5.22. The highest BCUT2D eigenvalue weighted by Gasteiger charge is 2.20. The lowest BCUT2D eigenvalue weighted by Gasteiger charge is -2.10. The summed E-state index contributed by atoms with van der Waals surface area (Å²) in [5, 5.41) is 7.18. The minimum absolute atomic E-state index is 0.656. The van der Waals surface area contributed by atoms with Crippen LogP contribution in [0.3, 0.4) is 0 Å². The molecule has 4 aromatic heterocycles. The van der Waals surface area contributed by atoms with Crippen LogP contribution in [-0.2, 0) is 0 Å². The Balaban J connectivity index is 1.05. The summed E-state index contributed by atoms with van der Waals surface area (Å²) in [4.78, 5) is 15.1. The highest BCUT2D eigenvalue weighted by molar-refractivity contribution is 7.26. The van der Waals surface area contributed by atoms with E-state index in [0.717, 1.165) is 60.0 Å². The Morgan fingerprint density at radius 1 is 0.351 bits per heavy atom. The Labute approximate surface area is 335 Å². The van der Waals surface area contributed by atoms with E-state index in [9.17, 15) is 0 Å². The van der Waals surface area contributed by atoms with E-state index in [2.05, 4.69) is 109 Å². The van der Waals surface area contributed by atoms with Crippen LogP contribution < -0.4 is 0 Å². The lowest BCUT2D eigenvalue weighted by molar-refractivity contribution is 0.670. The molecule has 0 saturated carbocycles. The molecule has 8 aromatic carbocycles. The number of nitrogens with zero attached hydrogens (tertiary/aromatic N) is 3. The molecular weight excluding hydrogens is 735 g/mol. The first-order chi connectivity index (χ1) is 28.2. The lowest BCUT2D eigenvalue weighted by atomic mass is 9.93. The third-order valence-corrected chi connectivity index (χ3v) is 13.3. The van der Waals surface area contributed by atoms with Crippen molar-refractivity contribution < 1.29 is 4.42 Å². The molecule has 12 aromatic rings. The van der Waals surface area contributed by atoms with Gasteiger partial charge in [0.15, 0.2) is 17.5 Å². The summed E-state index contributed by atoms with van der Waals surface area (Å²) in [6.07, 6.45) is 0. The quantitative estimate of drug-likeness (QED) is 0.175. The van der Waals surface area contributed by atoms with Gasteiger partial charge in [-0.3, -0.25) is 0 Å². The fraction of sp³-hybridized carbons (Fsp3) is 0. The van der Waals surface area contributed by atoms with E-state index in [4.69, 9.17) is 19.4 Å². The van der Waals surface area contributed by atoms with Gasteiger partial charge < -0.3 is 4.42 Å². The number of furan rings is 1. The predicted molar refractivity (Wildman–Crippen MR) is 240 cm³/mol. The number of thiophene rings is 2. The topological polar surface area (TPSA) is 51.8 Å². The molecule has 0 aliphatic heterocycles. The first-order valence-corrected chi connectivity index (χ1v) is 20.6. The molecule has 0 unspecified atom stereocenters. The first kappa shape index (κ1) is 32.3. The molecule has 4 nitrogen and oxygen atoms in total. The summed E-state index contributed by atoms with van der Waals surface area (Å²) in [5.74, 6) is 1.98. The van der Waals surface area contributed by atoms with Crippen molar-refractivity contribution >= 4 is 85.0 Å². The maximum atomic E-state index is 6.69. The van der Waals surface area contributed by atoms with Crippen LogP contribution in [0.1, 0.15) is 0 Å². The zero-order valence-electron chi connectivity index (χ0n) is 30.3. The average Bonchev–Trinajstić information content (AvgIpc) is 3.97. The molecule has 0 bridgehead atoms. The van der Waals surface area contributed by atoms with E-state index in [1.807, 2.05) is 78.1 Å². The van der Waals surface area contributed by atoms with Crippen LogP contribution in [0.2, 0.25) is 0 Å². The summed E-state index contributed by atoms with van der Waals surface area (Å²) in [5.41, 5.74) is 9.31. The van der Waals surface area contributed by atoms with Crippen LogP contribution in [0.25, 0.3) is 119 Å². The number of rotatable bonds is 5. The van der Waals surface area contributed by atoms with Crippen LogP contribution in [0, 0.1) is 0 Å². The highest BCUT2D eigenvalue weighted by Crippen LogP contribution is 2.46. The monoisotopic (exact) mass is 763 g/mol. The highest BCUT2D eigenvalue weighted by atomic mass is 32.1. The largest absolute Gasteiger partial charge is 0.455 e. The fourth-order valence-corrected chi connectivity index (χ4v) is 10.7. The minimum Gasteiger partial charge on any atom is -0.455 e. The Hall–Kier alpha value is -6.99. The number of aromatic nitrogens is 3. The zero-order chi connectivity index (χ0) is 37.5. The zero-order valence-corrected chi connectivity index (χ0v) is 31.9. The summed E-state index contributed by atoms with van der Waals surface area (Å²) in [6.45, 7) is 0. The molecule has 0 atom stereocenters. The molecule has 6 heteroatoms. The van der Waals surface area contributed by atoms with E-state index < -0.39 is 0 Å². The van der Waals surface area contributed by atoms with Crippen molar-refractivity contribution in [3.05, 3.63) is 176 Å². The first-order valence-electron chi connectivity index (χ1n) is 18.9. The summed E-state index contributed by atoms with van der Waals surface area (Å²) in [7, 11) is 0. The molecule has 4 heterocycles. The van der Waals surface area contributed by atoms with Crippen LogP contribution in [-0.4, -0.2) is 15.0 Å². The molecule has 0 aliphatic carbocycles. The summed E-state index contributed by atoms with van der Waals surface area (Å²) < 4.78 is 11.6. The predicted octanol–water partition coefficient (Wildman–Crippen LogP) is 14.8. The van der Waals surface area contributed by atoms with Gasteiger partial charge in [0.1, 0.15) is 11.2 Å². The van der Waals surface area contributed by atoms with Crippen molar-refractivity contribution in [3.8, 4) is 56.4 Å². The Bertz CT molecular complexity index is 3470. The van der Waals surface area contributed by atoms with E-state index in [-0.39, 0.29) is 0 Å². The summed E-state index contributed by atoms with van der Waals surface area (Å²) >= 11 is 3.63. The second kappa shape index (κ2) is 12.8. The van der Waals surface area contributed by atoms with Crippen molar-refractivity contribution in [2.45, 2.75) is 0 Å². The molecule has 57 heavy (non-hydrogen) atoms. The van der Waals surface area contributed by atoms with Crippen molar-refractivity contribution in [2.24, 2.45) is 0 Å². The minimum atomic E-state index is 0.656. The van der Waals surface area contributed by atoms with Crippen molar-refractivity contribution in [1.29, 1.82) is 0 Å². The van der Waals surface area contributed by atoms with Gasteiger partial charge in [-0.15, -0.1) is 22.7 Å². The standard InChI is InChI=1S/C51H29N3OS2/c1-3-13-30(14-4-1)49-52-50(31-15-5-2-6-16-31)54-51(53-49)39-21-11-20-37-35-26-25-32(29-45(35)57-48(37)39)33-27-40-34-17-7-9-22-42(34)55-47(40)41(28-33)36-19-12-24-44-46(36)38-18-8-10-23-43(38)56-44/h1-29H. The molecule has 0 saturated heterocycles. The Kier molecular flexibility index (Phi) is 7.24. The van der Waals surface area contributed by atoms with Crippen molar-refractivity contribution in [3.63, 3.8) is 0 Å². The smallest absolute Gasteiger partial charge is 0.165 e. The molecule has 0 radical (unpaired) electrons. The van der Waals surface area contributed by atoms with Crippen molar-refractivity contribution in [2.75, 3.05) is 0 Å². The molecule has 12 rings (SSSR count). The van der Waals surface area contributed by atoms with Gasteiger partial charge in [-0.05, 0) is 59.2 Å². The Morgan fingerprint density at radius 2 is 1.00 bits per heavy atom. The second-order valence-electron chi connectivity index (χ2n) is 14.3. The van der Waals surface area contributed by atoms with Crippen molar-refractivity contribution in [1.82, 2.24) is 15.0 Å². The van der Waals surface area contributed by atoms with E-state index in [0.29, 0.717) is 17.5 Å². The summed E-state index contributed by atoms with van der Waals surface area (Å²) in [6, 6.07) is 62.0. The maximum Gasteiger partial charge on any atom is 0.165 e. The third-order valence-electron chi connectivity index (χ3n) is 10.9. The number of fused-ring (bicyclic) bond motifs is 9. The van der Waals surface area contributed by atoms with Gasteiger partial charge in [0.2, 0.25) is 0 Å². The van der Waals surface area contributed by atoms with Gasteiger partial charge in [0.25, 0.3) is 0 Å². The number of hydrogen-bond acceptors (Lipinski definition) is 6. The number of hydrogen-bond donors (Lipinski definition) is 0. The maximum absolute atomic E-state index is 6.69. The molecule has 266 valence electrons. The Morgan fingerprint density at radius 3 is 1.81 bits per heavy atom. The van der Waals surface area contributed by atoms with E-state index in [1.54, 1.807) is 11.3 Å². The fourth-order valence-electron chi connectivity index (χ4n) is 8.28. The molecule has 0 amide bonds. The van der Waals surface area contributed by atoms with E-state index in [1.165, 1.54) is 41.2 Å². The second-order valence-corrected chi connectivity index (χ2v) is 16.4. The molecule has 0 N–H and O–H groups in total. The normalized spacial score (nSPS) is 11.9. The van der Waals surface area contributed by atoms with Crippen LogP contribution >= 0.6 is 22.7 Å². The SMILES string of the molecule is c1ccc(-c2nc(-c3ccccc3)nc(-c3cccc4c3sc3cc(-c5cc(-c6cccc7sc8ccccc8c67)c6oc7ccccc7c6c5)ccc34)n2)cc1. The lowest BCUT2D eigenvalue weighted by Crippen LogP contribution is -2.00. The van der Waals surface area contributed by atoms with Gasteiger partial charge in [-0.1, -0.05) is 133 Å². The number of benzene rings is 8. The van der Waals surface area contributed by atoms with Crippen LogP contribution in [0.5, 0.6) is 0 Å². The van der Waals surface area contributed by atoms with E-state index >= 15 is 0 Å². The van der Waals surface area contributed by atoms with Gasteiger partial charge in [0, 0.05) is 73.4 Å². The van der Waals surface area contributed by atoms with Gasteiger partial charge >= 0.3 is 0 Å². The molecule has 0 spiro atoms.